The maximum absolute atomic E-state index is 2.44. The van der Waals surface area contributed by atoms with E-state index in [2.05, 4.69) is 86.6 Å². The van der Waals surface area contributed by atoms with E-state index in [0.29, 0.717) is 0 Å². The largest absolute Gasteiger partial charge is 0.134 e. The van der Waals surface area contributed by atoms with E-state index < -0.39 is 0 Å². The van der Waals surface area contributed by atoms with Crippen LogP contribution in [0.5, 0.6) is 0 Å². The predicted molar refractivity (Wildman–Crippen MR) is 155 cm³/mol. The number of thiophene rings is 2. The van der Waals surface area contributed by atoms with Crippen molar-refractivity contribution < 1.29 is 0 Å². The average molecular weight is 479 g/mol. The lowest BCUT2D eigenvalue weighted by Crippen LogP contribution is -1.86. The Labute approximate surface area is 209 Å². The highest BCUT2D eigenvalue weighted by Crippen LogP contribution is 2.46. The monoisotopic (exact) mass is 478 g/mol. The Bertz CT molecular complexity index is 1610. The molecular formula is C32H30S2. The molecule has 2 aromatic heterocycles. The van der Waals surface area contributed by atoms with E-state index in [4.69, 9.17) is 0 Å². The molecule has 34 heavy (non-hydrogen) atoms. The summed E-state index contributed by atoms with van der Waals surface area (Å²) in [6.45, 7) is 4.49. The summed E-state index contributed by atoms with van der Waals surface area (Å²) in [5.74, 6) is 0. The van der Waals surface area contributed by atoms with Gasteiger partial charge >= 0.3 is 0 Å². The fourth-order valence-electron chi connectivity index (χ4n) is 5.08. The van der Waals surface area contributed by atoms with Crippen LogP contribution >= 0.6 is 22.7 Å². The molecule has 0 unspecified atom stereocenters. The topological polar surface area (TPSA) is 0 Å². The molecule has 4 aromatic carbocycles. The molecule has 0 radical (unpaired) electrons. The molecule has 0 amide bonds. The van der Waals surface area contributed by atoms with Gasteiger partial charge in [-0.25, -0.2) is 0 Å². The van der Waals surface area contributed by atoms with E-state index in [1.54, 1.807) is 0 Å². The summed E-state index contributed by atoms with van der Waals surface area (Å²) in [5.41, 5.74) is 5.48. The van der Waals surface area contributed by atoms with Gasteiger partial charge in [-0.2, -0.15) is 0 Å². The second-order valence-corrected chi connectivity index (χ2v) is 11.6. The SMILES string of the molecule is CCCCCCc1ccc2cc3sc4c5cc(-c6ccc(CC)cc6)ccc5sc4c3cc2c1. The van der Waals surface area contributed by atoms with Gasteiger partial charge in [0, 0.05) is 20.2 Å². The molecule has 6 aromatic rings. The van der Waals surface area contributed by atoms with E-state index >= 15 is 0 Å². The Morgan fingerprint density at radius 2 is 1.29 bits per heavy atom. The molecule has 0 bridgehead atoms. The summed E-state index contributed by atoms with van der Waals surface area (Å²) in [5, 5.41) is 5.57. The third-order valence-electron chi connectivity index (χ3n) is 7.12. The summed E-state index contributed by atoms with van der Waals surface area (Å²) in [6.07, 6.45) is 7.55. The zero-order chi connectivity index (χ0) is 23.1. The molecule has 0 spiro atoms. The van der Waals surface area contributed by atoms with Gasteiger partial charge in [0.25, 0.3) is 0 Å². The molecule has 0 nitrogen and oxygen atoms in total. The van der Waals surface area contributed by atoms with Gasteiger partial charge in [-0.15, -0.1) is 22.7 Å². The normalized spacial score (nSPS) is 11.9. The van der Waals surface area contributed by atoms with Crippen molar-refractivity contribution in [1.82, 2.24) is 0 Å². The molecule has 0 saturated heterocycles. The lowest BCUT2D eigenvalue weighted by atomic mass is 10.0. The van der Waals surface area contributed by atoms with Crippen molar-refractivity contribution in [3.05, 3.63) is 83.9 Å². The fourth-order valence-corrected chi connectivity index (χ4v) is 7.72. The number of benzene rings is 4. The molecule has 0 fully saturated rings. The molecular weight excluding hydrogens is 448 g/mol. The molecule has 2 heterocycles. The second-order valence-electron chi connectivity index (χ2n) is 9.46. The zero-order valence-electron chi connectivity index (χ0n) is 20.0. The smallest absolute Gasteiger partial charge is 0.0542 e. The number of rotatable bonds is 7. The molecule has 0 aliphatic carbocycles. The number of fused-ring (bicyclic) bond motifs is 6. The number of hydrogen-bond donors (Lipinski definition) is 0. The van der Waals surface area contributed by atoms with Crippen LogP contribution in [0.3, 0.4) is 0 Å². The maximum Gasteiger partial charge on any atom is 0.0542 e. The quantitative estimate of drug-likeness (QED) is 0.200. The van der Waals surface area contributed by atoms with Crippen LogP contribution in [0.1, 0.15) is 50.7 Å². The van der Waals surface area contributed by atoms with Gasteiger partial charge < -0.3 is 0 Å². The van der Waals surface area contributed by atoms with Crippen LogP contribution in [0.4, 0.5) is 0 Å². The summed E-state index contributed by atoms with van der Waals surface area (Å²) in [6, 6.07) is 28.0. The van der Waals surface area contributed by atoms with E-state index in [0.717, 1.165) is 6.42 Å². The highest BCUT2D eigenvalue weighted by Gasteiger charge is 2.14. The summed E-state index contributed by atoms with van der Waals surface area (Å²) in [7, 11) is 0. The number of aryl methyl sites for hydroxylation is 2. The van der Waals surface area contributed by atoms with Gasteiger partial charge in [0.15, 0.2) is 0 Å². The lowest BCUT2D eigenvalue weighted by Gasteiger charge is -2.05. The Morgan fingerprint density at radius 3 is 2.09 bits per heavy atom. The van der Waals surface area contributed by atoms with Crippen LogP contribution in [0, 0.1) is 0 Å². The van der Waals surface area contributed by atoms with Gasteiger partial charge in [0.05, 0.1) is 9.40 Å². The molecule has 2 heteroatoms. The summed E-state index contributed by atoms with van der Waals surface area (Å²) < 4.78 is 5.69. The van der Waals surface area contributed by atoms with E-state index in [1.165, 1.54) is 94.7 Å². The minimum atomic E-state index is 1.08. The van der Waals surface area contributed by atoms with E-state index in [1.807, 2.05) is 22.7 Å². The molecule has 170 valence electrons. The molecule has 6 rings (SSSR count). The van der Waals surface area contributed by atoms with Gasteiger partial charge in [-0.1, -0.05) is 81.6 Å². The minimum absolute atomic E-state index is 1.08. The Morgan fingerprint density at radius 1 is 0.559 bits per heavy atom. The van der Waals surface area contributed by atoms with Gasteiger partial charge in [-0.05, 0) is 76.6 Å². The molecule has 0 aliphatic heterocycles. The van der Waals surface area contributed by atoms with E-state index in [-0.39, 0.29) is 0 Å². The van der Waals surface area contributed by atoms with Crippen molar-refractivity contribution in [2.45, 2.75) is 52.4 Å². The van der Waals surface area contributed by atoms with E-state index in [9.17, 15) is 0 Å². The third-order valence-corrected chi connectivity index (χ3v) is 9.64. The van der Waals surface area contributed by atoms with Gasteiger partial charge in [-0.3, -0.25) is 0 Å². The van der Waals surface area contributed by atoms with Crippen LogP contribution in [0.2, 0.25) is 0 Å². The van der Waals surface area contributed by atoms with Crippen LogP contribution in [0.25, 0.3) is 51.5 Å². The Balaban J connectivity index is 1.42. The second kappa shape index (κ2) is 9.17. The Kier molecular flexibility index (Phi) is 5.89. The highest BCUT2D eigenvalue weighted by atomic mass is 32.1. The first-order chi connectivity index (χ1) is 16.7. The van der Waals surface area contributed by atoms with Crippen molar-refractivity contribution >= 4 is 63.0 Å². The first-order valence-corrected chi connectivity index (χ1v) is 14.3. The fraction of sp³-hybridized carbons (Fsp3) is 0.250. The number of hydrogen-bond acceptors (Lipinski definition) is 2. The molecule has 0 N–H and O–H groups in total. The molecule has 0 atom stereocenters. The summed E-state index contributed by atoms with van der Waals surface area (Å²) in [4.78, 5) is 0. The maximum atomic E-state index is 2.44. The van der Waals surface area contributed by atoms with Crippen LogP contribution in [-0.2, 0) is 12.8 Å². The van der Waals surface area contributed by atoms with Crippen molar-refractivity contribution in [2.24, 2.45) is 0 Å². The standard InChI is InChI=1S/C32H30S2/c1-3-5-6-7-8-22-11-14-25-20-30-28(19-26(25)17-22)32-31(34-30)27-18-24(15-16-29(27)33-32)23-12-9-21(4-2)10-13-23/h9-20H,3-8H2,1-2H3. The van der Waals surface area contributed by atoms with Crippen molar-refractivity contribution in [3.8, 4) is 11.1 Å². The van der Waals surface area contributed by atoms with Crippen LogP contribution in [0.15, 0.2) is 72.8 Å². The molecule has 0 aliphatic rings. The first-order valence-electron chi connectivity index (χ1n) is 12.6. The zero-order valence-corrected chi connectivity index (χ0v) is 21.6. The molecule has 0 saturated carbocycles. The summed E-state index contributed by atoms with van der Waals surface area (Å²) >= 11 is 3.91. The van der Waals surface area contributed by atoms with Gasteiger partial charge in [0.2, 0.25) is 0 Å². The first kappa shape index (κ1) is 21.8. The van der Waals surface area contributed by atoms with Gasteiger partial charge in [0.1, 0.15) is 0 Å². The lowest BCUT2D eigenvalue weighted by molar-refractivity contribution is 0.667. The number of unbranched alkanes of at least 4 members (excludes halogenated alkanes) is 3. The van der Waals surface area contributed by atoms with Crippen LogP contribution < -0.4 is 0 Å². The minimum Gasteiger partial charge on any atom is -0.134 e. The highest BCUT2D eigenvalue weighted by molar-refractivity contribution is 7.36. The average Bonchev–Trinajstić information content (AvgIpc) is 3.40. The Hall–Kier alpha value is -2.68. The van der Waals surface area contributed by atoms with Crippen LogP contribution in [-0.4, -0.2) is 0 Å². The van der Waals surface area contributed by atoms with Crippen molar-refractivity contribution in [2.75, 3.05) is 0 Å². The third kappa shape index (κ3) is 3.93. The predicted octanol–water partition coefficient (Wildman–Crippen LogP) is 10.8. The van der Waals surface area contributed by atoms with Crippen molar-refractivity contribution in [1.29, 1.82) is 0 Å². The van der Waals surface area contributed by atoms with Crippen molar-refractivity contribution in [3.63, 3.8) is 0 Å².